The Balaban J connectivity index is 1.59. The molecule has 0 bridgehead atoms. The third kappa shape index (κ3) is 4.60. The van der Waals surface area contributed by atoms with E-state index in [9.17, 15) is 4.79 Å². The number of fused-ring (bicyclic) bond motifs is 1. The molecule has 142 valence electrons. The molecule has 2 amide bonds. The fraction of sp³-hybridized carbons (Fsp3) is 0.591. The van der Waals surface area contributed by atoms with Crippen molar-refractivity contribution in [2.75, 3.05) is 18.4 Å². The minimum atomic E-state index is -0.133. The number of amides is 2. The lowest BCUT2D eigenvalue weighted by Crippen LogP contribution is -2.45. The van der Waals surface area contributed by atoms with Gasteiger partial charge in [0.05, 0.1) is 0 Å². The molecule has 3 rings (SSSR count). The van der Waals surface area contributed by atoms with Gasteiger partial charge in [-0.15, -0.1) is 0 Å². The van der Waals surface area contributed by atoms with E-state index in [2.05, 4.69) is 41.2 Å². The summed E-state index contributed by atoms with van der Waals surface area (Å²) in [6.07, 6.45) is 10.2. The van der Waals surface area contributed by atoms with Gasteiger partial charge < -0.3 is 15.5 Å². The zero-order valence-electron chi connectivity index (χ0n) is 16.1. The summed E-state index contributed by atoms with van der Waals surface area (Å²) in [5.74, 6) is 0.849. The molecule has 2 atom stereocenters. The normalized spacial score (nSPS) is 22.4. The standard InChI is InChI=1S/C22H33N3O/c1-3-4-15-23-22(26)24-20-13-11-18(12-14-20)17(2)25-16-7-9-19-8-5-6-10-21(19)25/h11-14,19,21H,2-10,15-16H2,1H3,(H2,23,24,26). The van der Waals surface area contributed by atoms with Gasteiger partial charge in [0, 0.05) is 30.5 Å². The third-order valence-electron chi connectivity index (χ3n) is 5.88. The molecule has 4 nitrogen and oxygen atoms in total. The molecular formula is C22H33N3O. The Bertz CT molecular complexity index is 608. The second kappa shape index (κ2) is 9.11. The fourth-order valence-corrected chi connectivity index (χ4v) is 4.43. The maximum Gasteiger partial charge on any atom is 0.319 e. The number of likely N-dealkylation sites (tertiary alicyclic amines) is 1. The van der Waals surface area contributed by atoms with Crippen molar-refractivity contribution >= 4 is 17.4 Å². The van der Waals surface area contributed by atoms with Gasteiger partial charge in [-0.1, -0.05) is 44.9 Å². The number of hydrogen-bond acceptors (Lipinski definition) is 2. The predicted octanol–water partition coefficient (Wildman–Crippen LogP) is 5.23. The molecular weight excluding hydrogens is 322 g/mol. The van der Waals surface area contributed by atoms with Crippen LogP contribution in [0.15, 0.2) is 30.8 Å². The van der Waals surface area contributed by atoms with Crippen molar-refractivity contribution in [2.45, 2.75) is 64.3 Å². The van der Waals surface area contributed by atoms with Crippen LogP contribution < -0.4 is 10.6 Å². The van der Waals surface area contributed by atoms with E-state index in [4.69, 9.17) is 0 Å². The van der Waals surface area contributed by atoms with Crippen molar-refractivity contribution in [3.05, 3.63) is 36.4 Å². The first kappa shape index (κ1) is 18.8. The highest BCUT2D eigenvalue weighted by Crippen LogP contribution is 2.38. The molecule has 4 heteroatoms. The number of anilines is 1. The lowest BCUT2D eigenvalue weighted by atomic mass is 9.78. The van der Waals surface area contributed by atoms with Crippen molar-refractivity contribution < 1.29 is 4.79 Å². The molecule has 1 saturated carbocycles. The number of urea groups is 1. The Morgan fingerprint density at radius 2 is 1.88 bits per heavy atom. The van der Waals surface area contributed by atoms with Gasteiger partial charge in [-0.2, -0.15) is 0 Å². The minimum absolute atomic E-state index is 0.133. The van der Waals surface area contributed by atoms with Crippen molar-refractivity contribution in [2.24, 2.45) is 5.92 Å². The van der Waals surface area contributed by atoms with Crippen molar-refractivity contribution in [3.63, 3.8) is 0 Å². The summed E-state index contributed by atoms with van der Waals surface area (Å²) in [6, 6.07) is 8.65. The van der Waals surface area contributed by atoms with Gasteiger partial charge in [-0.05, 0) is 55.7 Å². The molecule has 1 saturated heterocycles. The Labute approximate surface area is 158 Å². The number of hydrogen-bond donors (Lipinski definition) is 2. The number of rotatable bonds is 6. The summed E-state index contributed by atoms with van der Waals surface area (Å²) in [5.41, 5.74) is 3.12. The van der Waals surface area contributed by atoms with Crippen molar-refractivity contribution in [3.8, 4) is 0 Å². The quantitative estimate of drug-likeness (QED) is 0.686. The van der Waals surface area contributed by atoms with Crippen molar-refractivity contribution in [1.29, 1.82) is 0 Å². The molecule has 2 unspecified atom stereocenters. The lowest BCUT2D eigenvalue weighted by Gasteiger charge is -2.46. The van der Waals surface area contributed by atoms with E-state index >= 15 is 0 Å². The summed E-state index contributed by atoms with van der Waals surface area (Å²) >= 11 is 0. The van der Waals surface area contributed by atoms with Gasteiger partial charge in [0.2, 0.25) is 0 Å². The fourth-order valence-electron chi connectivity index (χ4n) is 4.43. The Hall–Kier alpha value is -1.97. The number of carbonyl (C=O) groups excluding carboxylic acids is 1. The van der Waals surface area contributed by atoms with Crippen LogP contribution in [-0.4, -0.2) is 30.1 Å². The highest BCUT2D eigenvalue weighted by Gasteiger charge is 2.33. The van der Waals surface area contributed by atoms with Gasteiger partial charge in [0.25, 0.3) is 0 Å². The van der Waals surface area contributed by atoms with E-state index in [1.807, 2.05) is 12.1 Å². The van der Waals surface area contributed by atoms with Crippen LogP contribution in [0.4, 0.5) is 10.5 Å². The molecule has 1 aromatic rings. The van der Waals surface area contributed by atoms with Crippen LogP contribution in [0.2, 0.25) is 0 Å². The SMILES string of the molecule is C=C(c1ccc(NC(=O)NCCCC)cc1)N1CCCC2CCCCC21. The summed E-state index contributed by atoms with van der Waals surface area (Å²) in [5, 5.41) is 5.77. The average molecular weight is 356 g/mol. The van der Waals surface area contributed by atoms with Crippen LogP contribution in [0, 0.1) is 5.92 Å². The van der Waals surface area contributed by atoms with Crippen LogP contribution in [-0.2, 0) is 0 Å². The van der Waals surface area contributed by atoms with Crippen LogP contribution in [0.5, 0.6) is 0 Å². The molecule has 1 aliphatic heterocycles. The van der Waals surface area contributed by atoms with Crippen molar-refractivity contribution in [1.82, 2.24) is 10.2 Å². The van der Waals surface area contributed by atoms with Crippen LogP contribution in [0.3, 0.4) is 0 Å². The molecule has 2 fully saturated rings. The number of piperidine rings is 1. The Morgan fingerprint density at radius 1 is 1.15 bits per heavy atom. The molecule has 1 aliphatic carbocycles. The summed E-state index contributed by atoms with van der Waals surface area (Å²) in [6.45, 7) is 8.36. The number of nitrogens with one attached hydrogen (secondary N) is 2. The first-order valence-corrected chi connectivity index (χ1v) is 10.3. The van der Waals surface area contributed by atoms with Crippen LogP contribution >= 0.6 is 0 Å². The lowest BCUT2D eigenvalue weighted by molar-refractivity contribution is 0.111. The molecule has 2 N–H and O–H groups in total. The van der Waals surface area contributed by atoms with E-state index in [-0.39, 0.29) is 6.03 Å². The molecule has 1 heterocycles. The first-order chi connectivity index (χ1) is 12.7. The molecule has 0 spiro atoms. The smallest absolute Gasteiger partial charge is 0.319 e. The zero-order chi connectivity index (χ0) is 18.4. The summed E-state index contributed by atoms with van der Waals surface area (Å²) in [4.78, 5) is 14.4. The Kier molecular flexibility index (Phi) is 6.59. The van der Waals surface area contributed by atoms with E-state index in [1.54, 1.807) is 0 Å². The van der Waals surface area contributed by atoms with Crippen LogP contribution in [0.25, 0.3) is 5.70 Å². The minimum Gasteiger partial charge on any atom is -0.368 e. The summed E-state index contributed by atoms with van der Waals surface area (Å²) < 4.78 is 0. The molecule has 26 heavy (non-hydrogen) atoms. The second-order valence-electron chi connectivity index (χ2n) is 7.71. The highest BCUT2D eigenvalue weighted by atomic mass is 16.2. The van der Waals surface area contributed by atoms with Gasteiger partial charge in [-0.3, -0.25) is 0 Å². The third-order valence-corrected chi connectivity index (χ3v) is 5.88. The number of nitrogens with zero attached hydrogens (tertiary/aromatic N) is 1. The molecule has 0 radical (unpaired) electrons. The number of benzene rings is 1. The largest absolute Gasteiger partial charge is 0.368 e. The maximum absolute atomic E-state index is 11.9. The molecule has 2 aliphatic rings. The second-order valence-corrected chi connectivity index (χ2v) is 7.71. The molecule has 0 aromatic heterocycles. The summed E-state index contributed by atoms with van der Waals surface area (Å²) in [7, 11) is 0. The monoisotopic (exact) mass is 355 g/mol. The zero-order valence-corrected chi connectivity index (χ0v) is 16.1. The van der Waals surface area contributed by atoms with E-state index < -0.39 is 0 Å². The predicted molar refractivity (Wildman–Crippen MR) is 109 cm³/mol. The van der Waals surface area contributed by atoms with E-state index in [1.165, 1.54) is 38.5 Å². The Morgan fingerprint density at radius 3 is 2.65 bits per heavy atom. The van der Waals surface area contributed by atoms with E-state index in [0.717, 1.165) is 48.8 Å². The van der Waals surface area contributed by atoms with Gasteiger partial charge in [-0.25, -0.2) is 4.79 Å². The molecule has 1 aromatic carbocycles. The number of carbonyl (C=O) groups is 1. The van der Waals surface area contributed by atoms with Gasteiger partial charge >= 0.3 is 6.03 Å². The van der Waals surface area contributed by atoms with Gasteiger partial charge in [0.15, 0.2) is 0 Å². The van der Waals surface area contributed by atoms with Crippen LogP contribution in [0.1, 0.15) is 63.9 Å². The van der Waals surface area contributed by atoms with E-state index in [0.29, 0.717) is 6.04 Å². The van der Waals surface area contributed by atoms with Gasteiger partial charge in [0.1, 0.15) is 0 Å². The number of unbranched alkanes of at least 4 members (excludes halogenated alkanes) is 1. The topological polar surface area (TPSA) is 44.4 Å². The maximum atomic E-state index is 11.9. The highest BCUT2D eigenvalue weighted by molar-refractivity contribution is 5.89. The first-order valence-electron chi connectivity index (χ1n) is 10.3. The average Bonchev–Trinajstić information content (AvgIpc) is 2.68.